The van der Waals surface area contributed by atoms with Crippen molar-refractivity contribution in [2.24, 2.45) is 5.14 Å². The molecule has 0 saturated carbocycles. The highest BCUT2D eigenvalue weighted by atomic mass is 32.2. The van der Waals surface area contributed by atoms with E-state index in [0.29, 0.717) is 25.1 Å². The molecule has 0 aliphatic rings. The highest BCUT2D eigenvalue weighted by Crippen LogP contribution is 2.09. The van der Waals surface area contributed by atoms with Crippen molar-refractivity contribution in [3.8, 4) is 0 Å². The number of sulfonamides is 1. The van der Waals surface area contributed by atoms with Gasteiger partial charge in [0.25, 0.3) is 11.8 Å². The first-order chi connectivity index (χ1) is 12.8. The summed E-state index contributed by atoms with van der Waals surface area (Å²) >= 11 is 0. The zero-order valence-electron chi connectivity index (χ0n) is 14.5. The van der Waals surface area contributed by atoms with Gasteiger partial charge in [-0.05, 0) is 36.2 Å². The Kier molecular flexibility index (Phi) is 6.80. The summed E-state index contributed by atoms with van der Waals surface area (Å²) in [6.45, 7) is 4.16. The number of hydrogen-bond donors (Lipinski definition) is 3. The van der Waals surface area contributed by atoms with E-state index in [1.807, 2.05) is 0 Å². The number of carbonyl (C=O) groups is 2. The summed E-state index contributed by atoms with van der Waals surface area (Å²) in [7, 11) is -3.72. The fraction of sp³-hybridized carbons (Fsp3) is 0.167. The van der Waals surface area contributed by atoms with Crippen LogP contribution in [0.25, 0.3) is 0 Å². The minimum absolute atomic E-state index is 0.0364. The van der Waals surface area contributed by atoms with Gasteiger partial charge in [-0.2, -0.15) is 0 Å². The van der Waals surface area contributed by atoms with E-state index in [-0.39, 0.29) is 22.4 Å². The molecule has 0 aliphatic heterocycles. The van der Waals surface area contributed by atoms with Crippen LogP contribution in [0.15, 0.2) is 60.1 Å². The summed E-state index contributed by atoms with van der Waals surface area (Å²) in [6, 6.07) is 9.04. The third-order valence-corrected chi connectivity index (χ3v) is 4.54. The van der Waals surface area contributed by atoms with Crippen LogP contribution < -0.4 is 15.8 Å². The Hall–Kier alpha value is -3.04. The number of primary sulfonamides is 1. The van der Waals surface area contributed by atoms with Crippen molar-refractivity contribution in [1.82, 2.24) is 15.6 Å². The molecule has 1 aromatic carbocycles. The van der Waals surface area contributed by atoms with Crippen LogP contribution in [-0.4, -0.2) is 38.3 Å². The topological polar surface area (TPSA) is 131 Å². The zero-order chi connectivity index (χ0) is 19.9. The molecule has 4 N–H and O–H groups in total. The molecule has 1 heterocycles. The Morgan fingerprint density at radius 2 is 1.81 bits per heavy atom. The Bertz CT molecular complexity index is 940. The molecule has 1 aromatic heterocycles. The summed E-state index contributed by atoms with van der Waals surface area (Å²) < 4.78 is 22.4. The summed E-state index contributed by atoms with van der Waals surface area (Å²) in [5, 5.41) is 10.4. The number of nitrogens with one attached hydrogen (secondary N) is 2. The summed E-state index contributed by atoms with van der Waals surface area (Å²) in [6.07, 6.45) is 3.45. The third-order valence-electron chi connectivity index (χ3n) is 3.61. The zero-order valence-corrected chi connectivity index (χ0v) is 15.3. The van der Waals surface area contributed by atoms with Crippen molar-refractivity contribution >= 4 is 21.8 Å². The molecule has 9 heteroatoms. The van der Waals surface area contributed by atoms with Gasteiger partial charge in [0.05, 0.1) is 4.90 Å². The van der Waals surface area contributed by atoms with Crippen LogP contribution in [-0.2, 0) is 16.4 Å². The van der Waals surface area contributed by atoms with E-state index < -0.39 is 10.0 Å². The van der Waals surface area contributed by atoms with Gasteiger partial charge in [-0.1, -0.05) is 18.2 Å². The summed E-state index contributed by atoms with van der Waals surface area (Å²) in [4.78, 5) is 28.1. The number of aromatic nitrogens is 1. The van der Waals surface area contributed by atoms with Crippen LogP contribution in [0.5, 0.6) is 0 Å². The van der Waals surface area contributed by atoms with Gasteiger partial charge in [-0.25, -0.2) is 13.6 Å². The molecule has 0 radical (unpaired) electrons. The van der Waals surface area contributed by atoms with Crippen LogP contribution in [0.1, 0.15) is 26.4 Å². The predicted molar refractivity (Wildman–Crippen MR) is 101 cm³/mol. The molecule has 0 aliphatic carbocycles. The number of carbonyl (C=O) groups excluding carboxylic acids is 2. The molecule has 0 atom stereocenters. The normalized spacial score (nSPS) is 10.9. The molecular weight excluding hydrogens is 368 g/mol. The third kappa shape index (κ3) is 6.01. The highest BCUT2D eigenvalue weighted by Gasteiger charge is 2.11. The number of hydrogen-bond acceptors (Lipinski definition) is 5. The lowest BCUT2D eigenvalue weighted by Gasteiger charge is -2.07. The van der Waals surface area contributed by atoms with E-state index in [4.69, 9.17) is 5.14 Å². The van der Waals surface area contributed by atoms with Gasteiger partial charge < -0.3 is 10.6 Å². The van der Waals surface area contributed by atoms with Crippen LogP contribution in [0.2, 0.25) is 0 Å². The number of pyridine rings is 1. The van der Waals surface area contributed by atoms with Crippen LogP contribution in [0, 0.1) is 0 Å². The molecule has 0 saturated heterocycles. The average Bonchev–Trinajstić information content (AvgIpc) is 2.65. The maximum Gasteiger partial charge on any atom is 0.270 e. The molecule has 0 fully saturated rings. The Morgan fingerprint density at radius 1 is 1.11 bits per heavy atom. The van der Waals surface area contributed by atoms with Crippen LogP contribution >= 0.6 is 0 Å². The first kappa shape index (κ1) is 20.3. The number of amides is 2. The van der Waals surface area contributed by atoms with Gasteiger partial charge in [-0.15, -0.1) is 6.58 Å². The fourth-order valence-electron chi connectivity index (χ4n) is 2.22. The molecule has 27 heavy (non-hydrogen) atoms. The van der Waals surface area contributed by atoms with E-state index in [0.717, 1.165) is 5.56 Å². The van der Waals surface area contributed by atoms with E-state index in [1.54, 1.807) is 18.2 Å². The first-order valence-electron chi connectivity index (χ1n) is 8.06. The van der Waals surface area contributed by atoms with Crippen molar-refractivity contribution in [3.63, 3.8) is 0 Å². The van der Waals surface area contributed by atoms with Gasteiger partial charge in [0.2, 0.25) is 10.0 Å². The quantitative estimate of drug-likeness (QED) is 0.571. The van der Waals surface area contributed by atoms with Gasteiger partial charge in [0.15, 0.2) is 0 Å². The second-order valence-electron chi connectivity index (χ2n) is 5.62. The Labute approximate surface area is 157 Å². The predicted octanol–water partition coefficient (Wildman–Crippen LogP) is 0.617. The average molecular weight is 388 g/mol. The summed E-state index contributed by atoms with van der Waals surface area (Å²) in [5.74, 6) is -0.726. The molecule has 142 valence electrons. The van der Waals surface area contributed by atoms with E-state index in [1.165, 1.54) is 30.5 Å². The molecular formula is C18H20N4O4S. The van der Waals surface area contributed by atoms with Gasteiger partial charge >= 0.3 is 0 Å². The van der Waals surface area contributed by atoms with Gasteiger partial charge in [0.1, 0.15) is 5.69 Å². The van der Waals surface area contributed by atoms with Crippen molar-refractivity contribution in [2.45, 2.75) is 11.3 Å². The number of benzene rings is 1. The minimum Gasteiger partial charge on any atom is -0.352 e. The van der Waals surface area contributed by atoms with Crippen molar-refractivity contribution in [1.29, 1.82) is 0 Å². The SMILES string of the molecule is C=CCNC(=O)c1cc(C(=O)NCCc2ccc(S(N)(=O)=O)cc2)ccn1. The maximum atomic E-state index is 12.2. The van der Waals surface area contributed by atoms with Gasteiger partial charge in [0, 0.05) is 24.8 Å². The Balaban J connectivity index is 1.92. The van der Waals surface area contributed by atoms with Gasteiger partial charge in [-0.3, -0.25) is 14.6 Å². The molecule has 2 aromatic rings. The fourth-order valence-corrected chi connectivity index (χ4v) is 2.74. The molecule has 8 nitrogen and oxygen atoms in total. The lowest BCUT2D eigenvalue weighted by molar-refractivity contribution is 0.0953. The lowest BCUT2D eigenvalue weighted by Crippen LogP contribution is -2.27. The van der Waals surface area contributed by atoms with Crippen LogP contribution in [0.4, 0.5) is 0 Å². The highest BCUT2D eigenvalue weighted by molar-refractivity contribution is 7.89. The van der Waals surface area contributed by atoms with Crippen molar-refractivity contribution < 1.29 is 18.0 Å². The minimum atomic E-state index is -3.72. The monoisotopic (exact) mass is 388 g/mol. The molecule has 2 amide bonds. The molecule has 0 bridgehead atoms. The second kappa shape index (κ2) is 9.06. The van der Waals surface area contributed by atoms with E-state index in [2.05, 4.69) is 22.2 Å². The van der Waals surface area contributed by atoms with Crippen molar-refractivity contribution in [2.75, 3.05) is 13.1 Å². The largest absolute Gasteiger partial charge is 0.352 e. The smallest absolute Gasteiger partial charge is 0.270 e. The molecule has 2 rings (SSSR count). The summed E-state index contributed by atoms with van der Waals surface area (Å²) in [5.41, 5.74) is 1.31. The molecule has 0 spiro atoms. The standard InChI is InChI=1S/C18H20N4O4S/c1-2-9-21-18(24)16-12-14(8-11-20-16)17(23)22-10-7-13-3-5-15(6-4-13)27(19,25)26/h2-6,8,11-12H,1,7,9-10H2,(H,21,24)(H,22,23)(H2,19,25,26). The van der Waals surface area contributed by atoms with E-state index in [9.17, 15) is 18.0 Å². The Morgan fingerprint density at radius 3 is 2.44 bits per heavy atom. The van der Waals surface area contributed by atoms with Crippen molar-refractivity contribution in [3.05, 3.63) is 72.1 Å². The number of nitrogens with zero attached hydrogens (tertiary/aromatic N) is 1. The lowest BCUT2D eigenvalue weighted by atomic mass is 10.1. The van der Waals surface area contributed by atoms with Crippen LogP contribution in [0.3, 0.4) is 0 Å². The second-order valence-corrected chi connectivity index (χ2v) is 7.18. The first-order valence-corrected chi connectivity index (χ1v) is 9.61. The van der Waals surface area contributed by atoms with E-state index >= 15 is 0 Å². The maximum absolute atomic E-state index is 12.2. The number of rotatable bonds is 8. The molecule has 0 unspecified atom stereocenters. The number of nitrogens with two attached hydrogens (primary N) is 1.